The molecule has 0 aromatic heterocycles. The molecule has 1 heterocycles. The minimum Gasteiger partial charge on any atom is -0.457 e. The molecule has 4 heteroatoms. The summed E-state index contributed by atoms with van der Waals surface area (Å²) in [6.45, 7) is 0.168. The van der Waals surface area contributed by atoms with Crippen LogP contribution in [0, 0.1) is 0 Å². The number of benzene rings is 4. The first-order chi connectivity index (χ1) is 12.2. The van der Waals surface area contributed by atoms with E-state index in [9.17, 15) is 0 Å². The zero-order valence-corrected chi connectivity index (χ0v) is 13.5. The largest absolute Gasteiger partial charge is 0.457 e. The molecule has 1 aliphatic heterocycles. The Morgan fingerprint density at radius 3 is 1.52 bits per heavy atom. The average Bonchev–Trinajstić information content (AvgIpc) is 2.81. The summed E-state index contributed by atoms with van der Waals surface area (Å²) in [5.41, 5.74) is 15.5. The molecule has 0 atom stereocenters. The number of rotatable bonds is 0. The summed E-state index contributed by atoms with van der Waals surface area (Å²) in [4.78, 5) is 0. The van der Waals surface area contributed by atoms with Gasteiger partial charge < -0.3 is 20.9 Å². The lowest BCUT2D eigenvalue weighted by molar-refractivity contribution is 0.125. The zero-order valence-electron chi connectivity index (χ0n) is 13.5. The lowest BCUT2D eigenvalue weighted by Crippen LogP contribution is -2.03. The van der Waals surface area contributed by atoms with E-state index >= 15 is 0 Å². The van der Waals surface area contributed by atoms with Crippen molar-refractivity contribution in [3.63, 3.8) is 0 Å². The molecule has 4 aromatic carbocycles. The predicted octanol–water partition coefficient (Wildman–Crippen LogP) is 4.55. The van der Waals surface area contributed by atoms with E-state index in [1.165, 1.54) is 0 Å². The maximum atomic E-state index is 6.06. The first-order valence-electron chi connectivity index (χ1n) is 8.11. The quantitative estimate of drug-likeness (QED) is 0.464. The van der Waals surface area contributed by atoms with Crippen LogP contribution in [0.25, 0.3) is 32.7 Å². The lowest BCUT2D eigenvalue weighted by atomic mass is 9.92. The molecular formula is C21H16N2O2. The van der Waals surface area contributed by atoms with Gasteiger partial charge >= 0.3 is 0 Å². The molecule has 25 heavy (non-hydrogen) atoms. The minimum absolute atomic E-state index is 0.168. The highest BCUT2D eigenvalue weighted by atomic mass is 16.7. The number of fused-ring (bicyclic) bond motifs is 7. The van der Waals surface area contributed by atoms with Crippen LogP contribution < -0.4 is 20.9 Å². The molecule has 0 fully saturated rings. The number of hydrogen-bond donors (Lipinski definition) is 2. The summed E-state index contributed by atoms with van der Waals surface area (Å²) in [6, 6.07) is 19.9. The van der Waals surface area contributed by atoms with Crippen LogP contribution in [-0.2, 0) is 0 Å². The Balaban J connectivity index is 2.00. The molecule has 4 N–H and O–H groups in total. The van der Waals surface area contributed by atoms with E-state index in [2.05, 4.69) is 0 Å². The maximum absolute atomic E-state index is 6.06. The van der Waals surface area contributed by atoms with Gasteiger partial charge in [-0.3, -0.25) is 0 Å². The number of nitrogens with two attached hydrogens (primary N) is 2. The van der Waals surface area contributed by atoms with Crippen molar-refractivity contribution in [2.45, 2.75) is 0 Å². The molecule has 0 unspecified atom stereocenters. The van der Waals surface area contributed by atoms with Crippen LogP contribution in [0.15, 0.2) is 60.7 Å². The number of hydrogen-bond acceptors (Lipinski definition) is 4. The Morgan fingerprint density at radius 1 is 0.600 bits per heavy atom. The van der Waals surface area contributed by atoms with Gasteiger partial charge in [0.2, 0.25) is 6.79 Å². The first-order valence-corrected chi connectivity index (χ1v) is 8.11. The Kier molecular flexibility index (Phi) is 2.82. The van der Waals surface area contributed by atoms with Crippen LogP contribution in [0.5, 0.6) is 11.5 Å². The summed E-state index contributed by atoms with van der Waals surface area (Å²) in [5, 5.41) is 4.29. The molecule has 0 saturated carbocycles. The second-order valence-corrected chi connectivity index (χ2v) is 6.25. The molecule has 0 aliphatic carbocycles. The highest BCUT2D eigenvalue weighted by Gasteiger charge is 2.22. The zero-order chi connectivity index (χ0) is 17.0. The van der Waals surface area contributed by atoms with Crippen LogP contribution in [-0.4, -0.2) is 6.79 Å². The van der Waals surface area contributed by atoms with Gasteiger partial charge in [0.05, 0.1) is 0 Å². The van der Waals surface area contributed by atoms with Crippen molar-refractivity contribution < 1.29 is 9.47 Å². The minimum atomic E-state index is 0.168. The summed E-state index contributed by atoms with van der Waals surface area (Å²) in [5.74, 6) is 1.57. The van der Waals surface area contributed by atoms with Gasteiger partial charge in [-0.05, 0) is 57.9 Å². The van der Waals surface area contributed by atoms with Gasteiger partial charge in [0.15, 0.2) is 0 Å². The Bertz CT molecular complexity index is 1060. The number of anilines is 2. The fraction of sp³-hybridized carbons (Fsp3) is 0.0476. The SMILES string of the molecule is Nc1ccc2ccc3c(c2c1)-c1c(ccc2ccc(N)cc12)OCO3. The molecule has 0 bridgehead atoms. The standard InChI is InChI=1S/C21H16N2O2/c22-14-5-1-12-3-7-18-20(16(12)9-14)21-17-10-15(23)6-2-13(17)4-8-19(21)25-11-24-18/h1-10H,11,22-23H2. The van der Waals surface area contributed by atoms with E-state index in [1.54, 1.807) is 0 Å². The lowest BCUT2D eigenvalue weighted by Gasteiger charge is -2.14. The van der Waals surface area contributed by atoms with Gasteiger partial charge in [0, 0.05) is 22.5 Å². The third-order valence-electron chi connectivity index (χ3n) is 4.69. The molecule has 0 radical (unpaired) electrons. The topological polar surface area (TPSA) is 70.5 Å². The summed E-state index contributed by atoms with van der Waals surface area (Å²) in [7, 11) is 0. The van der Waals surface area contributed by atoms with Gasteiger partial charge in [-0.15, -0.1) is 0 Å². The highest BCUT2D eigenvalue weighted by molar-refractivity contribution is 6.11. The third kappa shape index (κ3) is 2.08. The molecule has 1 aliphatic rings. The van der Waals surface area contributed by atoms with Crippen molar-refractivity contribution in [1.29, 1.82) is 0 Å². The highest BCUT2D eigenvalue weighted by Crippen LogP contribution is 2.47. The second kappa shape index (κ2) is 5.05. The molecule has 0 saturated heterocycles. The molecule has 4 nitrogen and oxygen atoms in total. The van der Waals surface area contributed by atoms with Gasteiger partial charge in [-0.25, -0.2) is 0 Å². The maximum Gasteiger partial charge on any atom is 0.230 e. The molecule has 122 valence electrons. The van der Waals surface area contributed by atoms with Crippen LogP contribution in [0.3, 0.4) is 0 Å². The first kappa shape index (κ1) is 14.0. The molecular weight excluding hydrogens is 312 g/mol. The summed E-state index contributed by atoms with van der Waals surface area (Å²) >= 11 is 0. The van der Waals surface area contributed by atoms with Crippen LogP contribution in [0.4, 0.5) is 11.4 Å². The number of ether oxygens (including phenoxy) is 2. The van der Waals surface area contributed by atoms with Crippen molar-refractivity contribution in [3.8, 4) is 22.6 Å². The van der Waals surface area contributed by atoms with Gasteiger partial charge in [0.25, 0.3) is 0 Å². The fourth-order valence-electron chi connectivity index (χ4n) is 3.55. The van der Waals surface area contributed by atoms with Gasteiger partial charge in [-0.1, -0.05) is 24.3 Å². The number of nitrogen functional groups attached to an aromatic ring is 2. The van der Waals surface area contributed by atoms with E-state index < -0.39 is 0 Å². The smallest absolute Gasteiger partial charge is 0.230 e. The predicted molar refractivity (Wildman–Crippen MR) is 102 cm³/mol. The third-order valence-corrected chi connectivity index (χ3v) is 4.69. The van der Waals surface area contributed by atoms with Crippen molar-refractivity contribution >= 4 is 32.9 Å². The Hall–Kier alpha value is -3.40. The summed E-state index contributed by atoms with van der Waals surface area (Å²) < 4.78 is 11.7. The normalized spacial score (nSPS) is 12.8. The van der Waals surface area contributed by atoms with Crippen LogP contribution in [0.1, 0.15) is 0 Å². The molecule has 0 amide bonds. The van der Waals surface area contributed by atoms with Crippen molar-refractivity contribution in [2.75, 3.05) is 18.3 Å². The van der Waals surface area contributed by atoms with E-state index in [0.29, 0.717) is 11.4 Å². The summed E-state index contributed by atoms with van der Waals surface area (Å²) in [6.07, 6.45) is 0. The Labute approximate surface area is 144 Å². The monoisotopic (exact) mass is 328 g/mol. The van der Waals surface area contributed by atoms with E-state index in [0.717, 1.165) is 44.2 Å². The second-order valence-electron chi connectivity index (χ2n) is 6.25. The Morgan fingerprint density at radius 2 is 1.04 bits per heavy atom. The average molecular weight is 328 g/mol. The van der Waals surface area contributed by atoms with E-state index in [4.69, 9.17) is 20.9 Å². The van der Waals surface area contributed by atoms with Gasteiger partial charge in [-0.2, -0.15) is 0 Å². The van der Waals surface area contributed by atoms with E-state index in [-0.39, 0.29) is 6.79 Å². The van der Waals surface area contributed by atoms with Crippen molar-refractivity contribution in [2.24, 2.45) is 0 Å². The van der Waals surface area contributed by atoms with E-state index in [1.807, 2.05) is 60.7 Å². The molecule has 5 rings (SSSR count). The van der Waals surface area contributed by atoms with Crippen molar-refractivity contribution in [3.05, 3.63) is 60.7 Å². The van der Waals surface area contributed by atoms with Gasteiger partial charge in [0.1, 0.15) is 11.5 Å². The molecule has 0 spiro atoms. The van der Waals surface area contributed by atoms with Crippen LogP contribution in [0.2, 0.25) is 0 Å². The fourth-order valence-corrected chi connectivity index (χ4v) is 3.55. The molecule has 4 aromatic rings. The van der Waals surface area contributed by atoms with Crippen LogP contribution >= 0.6 is 0 Å². The van der Waals surface area contributed by atoms with Crippen molar-refractivity contribution in [1.82, 2.24) is 0 Å².